The van der Waals surface area contributed by atoms with E-state index in [1.54, 1.807) is 23.7 Å². The molecular formula is C23H24N4O2S2. The highest BCUT2D eigenvalue weighted by atomic mass is 32.2. The smallest absolute Gasteiger partial charge is 0.192 e. The fourth-order valence-corrected chi connectivity index (χ4v) is 5.12. The van der Waals surface area contributed by atoms with Gasteiger partial charge in [-0.05, 0) is 44.4 Å². The molecule has 0 fully saturated rings. The van der Waals surface area contributed by atoms with Gasteiger partial charge in [0.1, 0.15) is 5.76 Å². The normalized spacial score (nSPS) is 11.2. The first-order valence-corrected chi connectivity index (χ1v) is 11.8. The molecule has 4 heterocycles. The number of hydrogen-bond donors (Lipinski definition) is 0. The van der Waals surface area contributed by atoms with Crippen molar-refractivity contribution >= 4 is 28.9 Å². The van der Waals surface area contributed by atoms with Crippen LogP contribution < -0.4 is 0 Å². The lowest BCUT2D eigenvalue weighted by molar-refractivity contribution is 0.102. The van der Waals surface area contributed by atoms with E-state index in [0.29, 0.717) is 17.5 Å². The number of nitrogens with zero attached hydrogens (tertiary/aromatic N) is 4. The number of carbonyl (C=O) groups excluding carboxylic acids is 1. The summed E-state index contributed by atoms with van der Waals surface area (Å²) >= 11 is 3.12. The first-order chi connectivity index (χ1) is 15.0. The maximum Gasteiger partial charge on any atom is 0.192 e. The van der Waals surface area contributed by atoms with E-state index >= 15 is 0 Å². The molecular weight excluding hydrogens is 428 g/mol. The van der Waals surface area contributed by atoms with Gasteiger partial charge in [0.15, 0.2) is 16.8 Å². The molecule has 0 spiro atoms. The minimum atomic E-state index is 0.0877. The van der Waals surface area contributed by atoms with Crippen LogP contribution in [-0.4, -0.2) is 30.9 Å². The van der Waals surface area contributed by atoms with Crippen molar-refractivity contribution in [2.24, 2.45) is 0 Å². The lowest BCUT2D eigenvalue weighted by atomic mass is 10.2. The van der Waals surface area contributed by atoms with E-state index in [2.05, 4.69) is 38.9 Å². The highest BCUT2D eigenvalue weighted by Crippen LogP contribution is 2.28. The Balaban J connectivity index is 1.52. The lowest BCUT2D eigenvalue weighted by Gasteiger charge is -2.09. The molecule has 0 amide bonds. The van der Waals surface area contributed by atoms with Crippen LogP contribution >= 0.6 is 23.1 Å². The summed E-state index contributed by atoms with van der Waals surface area (Å²) in [5.74, 6) is 1.88. The largest absolute Gasteiger partial charge is 0.469 e. The SMILES string of the molecule is C=CCn1c(SCC(=O)c2cc(C)n(Cc3cccs3)c2C)nnc1-c1ccoc1C. The number of thioether (sulfide) groups is 1. The van der Waals surface area contributed by atoms with E-state index in [4.69, 9.17) is 4.42 Å². The molecule has 0 saturated carbocycles. The Hall–Kier alpha value is -2.84. The van der Waals surface area contributed by atoms with Gasteiger partial charge in [0.05, 0.1) is 24.1 Å². The molecule has 0 saturated heterocycles. The zero-order chi connectivity index (χ0) is 22.0. The molecule has 4 aromatic heterocycles. The molecule has 31 heavy (non-hydrogen) atoms. The fraction of sp³-hybridized carbons (Fsp3) is 0.261. The minimum absolute atomic E-state index is 0.0877. The predicted molar refractivity (Wildman–Crippen MR) is 125 cm³/mol. The Bertz CT molecular complexity index is 1210. The van der Waals surface area contributed by atoms with E-state index < -0.39 is 0 Å². The summed E-state index contributed by atoms with van der Waals surface area (Å²) in [5, 5.41) is 11.4. The summed E-state index contributed by atoms with van der Waals surface area (Å²) in [6.07, 6.45) is 3.44. The van der Waals surface area contributed by atoms with Gasteiger partial charge < -0.3 is 8.98 Å². The molecule has 0 bridgehead atoms. The third kappa shape index (κ3) is 4.31. The van der Waals surface area contributed by atoms with Crippen LogP contribution in [0.5, 0.6) is 0 Å². The molecule has 0 aliphatic carbocycles. The molecule has 0 atom stereocenters. The molecule has 6 nitrogen and oxygen atoms in total. The van der Waals surface area contributed by atoms with Gasteiger partial charge in [-0.15, -0.1) is 28.1 Å². The Morgan fingerprint density at radius 1 is 1.26 bits per heavy atom. The molecule has 4 rings (SSSR count). The zero-order valence-electron chi connectivity index (χ0n) is 17.8. The Morgan fingerprint density at radius 3 is 2.77 bits per heavy atom. The van der Waals surface area contributed by atoms with Crippen molar-refractivity contribution < 1.29 is 9.21 Å². The summed E-state index contributed by atoms with van der Waals surface area (Å²) in [4.78, 5) is 14.3. The fourth-order valence-electron chi connectivity index (χ4n) is 3.60. The van der Waals surface area contributed by atoms with Gasteiger partial charge in [-0.3, -0.25) is 9.36 Å². The van der Waals surface area contributed by atoms with E-state index in [0.717, 1.165) is 40.6 Å². The number of rotatable bonds is 9. The van der Waals surface area contributed by atoms with Crippen LogP contribution in [0.15, 0.2) is 58.1 Å². The topological polar surface area (TPSA) is 65.8 Å². The minimum Gasteiger partial charge on any atom is -0.469 e. The summed E-state index contributed by atoms with van der Waals surface area (Å²) < 4.78 is 9.57. The number of allylic oxidation sites excluding steroid dienone is 1. The first kappa shape index (κ1) is 21.4. The maximum atomic E-state index is 13.0. The van der Waals surface area contributed by atoms with Crippen molar-refractivity contribution in [3.63, 3.8) is 0 Å². The van der Waals surface area contributed by atoms with E-state index in [1.165, 1.54) is 16.6 Å². The van der Waals surface area contributed by atoms with Gasteiger partial charge in [0, 0.05) is 28.4 Å². The summed E-state index contributed by atoms with van der Waals surface area (Å²) in [7, 11) is 0. The second-order valence-electron chi connectivity index (χ2n) is 7.26. The Kier molecular flexibility index (Phi) is 6.29. The molecule has 4 aromatic rings. The first-order valence-electron chi connectivity index (χ1n) is 9.93. The number of Topliss-reactive ketones (excluding diaryl/α,β-unsaturated/α-hetero) is 1. The predicted octanol–water partition coefficient (Wildman–Crippen LogP) is 5.54. The van der Waals surface area contributed by atoms with E-state index in [9.17, 15) is 4.79 Å². The van der Waals surface area contributed by atoms with Crippen LogP contribution in [0.2, 0.25) is 0 Å². The third-order valence-electron chi connectivity index (χ3n) is 5.23. The van der Waals surface area contributed by atoms with Crippen LogP contribution in [0.1, 0.15) is 32.4 Å². The number of carbonyl (C=O) groups is 1. The van der Waals surface area contributed by atoms with Crippen LogP contribution in [0.25, 0.3) is 11.4 Å². The number of aromatic nitrogens is 4. The van der Waals surface area contributed by atoms with Crippen molar-refractivity contribution in [1.29, 1.82) is 0 Å². The lowest BCUT2D eigenvalue weighted by Crippen LogP contribution is -2.08. The molecule has 0 aromatic carbocycles. The van der Waals surface area contributed by atoms with Crippen LogP contribution in [0, 0.1) is 20.8 Å². The molecule has 0 aliphatic rings. The van der Waals surface area contributed by atoms with E-state index in [-0.39, 0.29) is 5.78 Å². The number of aryl methyl sites for hydroxylation is 2. The standard InChI is InChI=1S/C23H24N4O2S2/c1-5-9-26-22(19-8-10-29-17(19)4)24-25-23(26)31-14-21(28)20-12-15(2)27(16(20)3)13-18-7-6-11-30-18/h5-8,10-12H,1,9,13-14H2,2-4H3. The van der Waals surface area contributed by atoms with E-state index in [1.807, 2.05) is 37.5 Å². The zero-order valence-corrected chi connectivity index (χ0v) is 19.4. The molecule has 0 N–H and O–H groups in total. The number of ketones is 1. The number of thiophene rings is 1. The highest BCUT2D eigenvalue weighted by Gasteiger charge is 2.20. The average Bonchev–Trinajstić information content (AvgIpc) is 3.53. The second kappa shape index (κ2) is 9.11. The van der Waals surface area contributed by atoms with Crippen molar-refractivity contribution in [1.82, 2.24) is 19.3 Å². The van der Waals surface area contributed by atoms with Crippen molar-refractivity contribution in [2.75, 3.05) is 5.75 Å². The molecule has 160 valence electrons. The van der Waals surface area contributed by atoms with Crippen molar-refractivity contribution in [3.8, 4) is 11.4 Å². The van der Waals surface area contributed by atoms with Crippen molar-refractivity contribution in [2.45, 2.75) is 39.0 Å². The van der Waals surface area contributed by atoms with Crippen LogP contribution in [-0.2, 0) is 13.1 Å². The molecule has 8 heteroatoms. The Labute approximate surface area is 189 Å². The number of furan rings is 1. The van der Waals surface area contributed by atoms with Gasteiger partial charge in [-0.2, -0.15) is 0 Å². The molecule has 0 unspecified atom stereocenters. The highest BCUT2D eigenvalue weighted by molar-refractivity contribution is 7.99. The molecule has 0 aliphatic heterocycles. The molecule has 0 radical (unpaired) electrons. The monoisotopic (exact) mass is 452 g/mol. The maximum absolute atomic E-state index is 13.0. The van der Waals surface area contributed by atoms with Gasteiger partial charge in [-0.1, -0.05) is 23.9 Å². The quantitative estimate of drug-likeness (QED) is 0.190. The number of hydrogen-bond acceptors (Lipinski definition) is 6. The third-order valence-corrected chi connectivity index (χ3v) is 7.06. The summed E-state index contributed by atoms with van der Waals surface area (Å²) in [6, 6.07) is 8.03. The van der Waals surface area contributed by atoms with Gasteiger partial charge in [0.25, 0.3) is 0 Å². The second-order valence-corrected chi connectivity index (χ2v) is 9.23. The van der Waals surface area contributed by atoms with Crippen LogP contribution in [0.3, 0.4) is 0 Å². The Morgan fingerprint density at radius 2 is 2.10 bits per heavy atom. The van der Waals surface area contributed by atoms with Crippen LogP contribution in [0.4, 0.5) is 0 Å². The van der Waals surface area contributed by atoms with Crippen molar-refractivity contribution in [3.05, 3.63) is 76.2 Å². The van der Waals surface area contributed by atoms with Gasteiger partial charge >= 0.3 is 0 Å². The van der Waals surface area contributed by atoms with Gasteiger partial charge in [-0.25, -0.2) is 0 Å². The van der Waals surface area contributed by atoms with Gasteiger partial charge in [0.2, 0.25) is 0 Å². The summed E-state index contributed by atoms with van der Waals surface area (Å²) in [6.45, 7) is 11.1. The summed E-state index contributed by atoms with van der Waals surface area (Å²) in [5.41, 5.74) is 3.75. The average molecular weight is 453 g/mol.